The van der Waals surface area contributed by atoms with Gasteiger partial charge in [-0.05, 0) is 185 Å². The molecule has 125 heavy (non-hydrogen) atoms. The highest BCUT2D eigenvalue weighted by molar-refractivity contribution is 6.33. The Bertz CT molecular complexity index is 5940. The van der Waals surface area contributed by atoms with E-state index in [1.54, 1.807) is 189 Å². The van der Waals surface area contributed by atoms with Gasteiger partial charge >= 0.3 is 0 Å². The third-order valence-corrected chi connectivity index (χ3v) is 19.2. The van der Waals surface area contributed by atoms with Crippen molar-refractivity contribution in [1.29, 1.82) is 0 Å². The largest absolute Gasteiger partial charge is 0.342 e. The van der Waals surface area contributed by atoms with Gasteiger partial charge in [0, 0.05) is 103 Å². The van der Waals surface area contributed by atoms with Crippen molar-refractivity contribution in [1.82, 2.24) is 49.8 Å². The second-order valence-corrected chi connectivity index (χ2v) is 28.4. The van der Waals surface area contributed by atoms with Gasteiger partial charge < -0.3 is 51.1 Å². The molecule has 10 aromatic carbocycles. The molecule has 5 amide bonds. The number of aromatic nitrogens is 10. The molecule has 15 rings (SSSR count). The first kappa shape index (κ1) is 89.4. The van der Waals surface area contributed by atoms with Crippen molar-refractivity contribution in [2.45, 2.75) is 27.7 Å². The molecule has 5 N–H and O–H groups in total. The lowest BCUT2D eigenvalue weighted by molar-refractivity contribution is 0.101. The second kappa shape index (κ2) is 43.5. The van der Waals surface area contributed by atoms with Crippen molar-refractivity contribution in [2.75, 3.05) is 86.3 Å². The Morgan fingerprint density at radius 3 is 0.832 bits per heavy atom. The molecule has 0 fully saturated rings. The zero-order valence-electron chi connectivity index (χ0n) is 69.3. The molecule has 0 saturated carbocycles. The molecular formula is C96H84ClF3N20O5. The van der Waals surface area contributed by atoms with Crippen LogP contribution in [0.5, 0.6) is 0 Å². The molecule has 25 nitrogen and oxygen atoms in total. The molecule has 15 aromatic rings. The summed E-state index contributed by atoms with van der Waals surface area (Å²) in [5.41, 5.74) is 16.5. The fourth-order valence-electron chi connectivity index (χ4n) is 12.1. The number of rotatable bonds is 20. The lowest BCUT2D eigenvalue weighted by Crippen LogP contribution is -2.15. The Morgan fingerprint density at radius 2 is 0.536 bits per heavy atom. The number of anilines is 15. The summed E-state index contributed by atoms with van der Waals surface area (Å²) in [5.74, 6) is 0.152. The summed E-state index contributed by atoms with van der Waals surface area (Å²) < 4.78 is 42.7. The van der Waals surface area contributed by atoms with E-state index < -0.39 is 17.5 Å². The van der Waals surface area contributed by atoms with Gasteiger partial charge in [-0.25, -0.2) is 63.0 Å². The minimum Gasteiger partial charge on any atom is -0.342 e. The van der Waals surface area contributed by atoms with E-state index in [-0.39, 0.29) is 35.2 Å². The Kier molecular flexibility index (Phi) is 31.1. The quantitative estimate of drug-likeness (QED) is 0.0443. The highest BCUT2D eigenvalue weighted by Crippen LogP contribution is 2.35. The summed E-state index contributed by atoms with van der Waals surface area (Å²) in [6.45, 7) is 7.76. The Morgan fingerprint density at radius 1 is 0.288 bits per heavy atom. The monoisotopic (exact) mass is 1690 g/mol. The third-order valence-electron chi connectivity index (χ3n) is 18.8. The van der Waals surface area contributed by atoms with E-state index in [4.69, 9.17) is 18.0 Å². The molecule has 0 spiro atoms. The summed E-state index contributed by atoms with van der Waals surface area (Å²) >= 11 is 6.32. The van der Waals surface area contributed by atoms with E-state index in [0.29, 0.717) is 89.6 Å². The van der Waals surface area contributed by atoms with Crippen LogP contribution in [0.25, 0.3) is 0 Å². The van der Waals surface area contributed by atoms with Gasteiger partial charge in [0.25, 0.3) is 29.5 Å². The van der Waals surface area contributed by atoms with Gasteiger partial charge in [-0.3, -0.25) is 24.0 Å². The van der Waals surface area contributed by atoms with Gasteiger partial charge in [0.15, 0.2) is 0 Å². The molecule has 0 aliphatic rings. The van der Waals surface area contributed by atoms with Crippen LogP contribution in [0.4, 0.5) is 98.5 Å². The van der Waals surface area contributed by atoms with Gasteiger partial charge in [0.2, 0.25) is 0 Å². The summed E-state index contributed by atoms with van der Waals surface area (Å²) in [5, 5.41) is 14.8. The minimum atomic E-state index is -0.427. The van der Waals surface area contributed by atoms with E-state index >= 15 is 0 Å². The number of halogens is 4. The number of hydrogen-bond donors (Lipinski definition) is 5. The van der Waals surface area contributed by atoms with Crippen molar-refractivity contribution in [2.24, 2.45) is 0 Å². The predicted octanol–water partition coefficient (Wildman–Crippen LogP) is 19.8. The number of terminal acetylenes is 1. The SMILES string of the molecule is C#Cc1cccc(C(=O)Nc2ccc(F)c(N(C)c3cncnc3)c2)c1.Cc1cccc(C(=O)Nc2ccc(Cl)c(N(C)c3cncnc3)c2)c1.Cc1cccc(C(=O)Nc2ccc(F)c(N(C)c3cncnc3)c2)c1.Cc1cccc(C(=O)Nc2ccc(F)c(N(C)c3cncnc3)c2)c1.Cc1cccc(C(=O)Nc2cccc(N(C)c3cncnc3)c2)c1. The lowest BCUT2D eigenvalue weighted by atomic mass is 10.1. The zero-order chi connectivity index (χ0) is 88.9. The Labute approximate surface area is 725 Å². The van der Waals surface area contributed by atoms with Crippen molar-refractivity contribution in [3.63, 3.8) is 0 Å². The van der Waals surface area contributed by atoms with Gasteiger partial charge in [-0.1, -0.05) is 100 Å². The number of nitrogens with zero attached hydrogens (tertiary/aromatic N) is 15. The summed E-state index contributed by atoms with van der Waals surface area (Å²) in [6, 6.07) is 62.5. The van der Waals surface area contributed by atoms with Crippen molar-refractivity contribution >= 4 is 126 Å². The number of nitrogens with one attached hydrogen (secondary N) is 5. The van der Waals surface area contributed by atoms with Crippen LogP contribution in [0.1, 0.15) is 79.6 Å². The molecule has 0 radical (unpaired) electrons. The number of aryl methyl sites for hydroxylation is 4. The fourth-order valence-corrected chi connectivity index (χ4v) is 12.4. The van der Waals surface area contributed by atoms with Crippen LogP contribution >= 0.6 is 11.6 Å². The Balaban J connectivity index is 0.000000152. The first-order valence-electron chi connectivity index (χ1n) is 38.5. The molecular weight excluding hydrogens is 1610 g/mol. The molecule has 0 bridgehead atoms. The molecule has 5 heterocycles. The van der Waals surface area contributed by atoms with Crippen LogP contribution in [-0.2, 0) is 0 Å². The van der Waals surface area contributed by atoms with E-state index in [2.05, 4.69) is 82.3 Å². The summed E-state index contributed by atoms with van der Waals surface area (Å²) in [7, 11) is 8.91. The summed E-state index contributed by atoms with van der Waals surface area (Å²) in [6.07, 6.45) is 28.9. The molecule has 0 aliphatic heterocycles. The molecule has 5 aromatic heterocycles. The van der Waals surface area contributed by atoms with Crippen molar-refractivity contribution < 1.29 is 37.1 Å². The number of carbonyl (C=O) groups is 5. The van der Waals surface area contributed by atoms with Crippen LogP contribution in [0.3, 0.4) is 0 Å². The minimum absolute atomic E-state index is 0.124. The number of carbonyl (C=O) groups excluding carboxylic acids is 5. The molecule has 0 unspecified atom stereocenters. The summed E-state index contributed by atoms with van der Waals surface area (Å²) in [4.78, 5) is 110. The van der Waals surface area contributed by atoms with Gasteiger partial charge in [0.1, 0.15) is 49.1 Å². The van der Waals surface area contributed by atoms with E-state index in [0.717, 1.165) is 50.7 Å². The van der Waals surface area contributed by atoms with Crippen molar-refractivity contribution in [3.05, 3.63) is 390 Å². The maximum atomic E-state index is 14.2. The smallest absolute Gasteiger partial charge is 0.255 e. The van der Waals surface area contributed by atoms with Crippen LogP contribution < -0.4 is 51.1 Å². The van der Waals surface area contributed by atoms with Crippen LogP contribution in [0.2, 0.25) is 5.02 Å². The van der Waals surface area contributed by atoms with E-state index in [9.17, 15) is 37.1 Å². The highest BCUT2D eigenvalue weighted by atomic mass is 35.5. The highest BCUT2D eigenvalue weighted by Gasteiger charge is 2.20. The van der Waals surface area contributed by atoms with Gasteiger partial charge in [-0.2, -0.15) is 0 Å². The maximum absolute atomic E-state index is 14.2. The fraction of sp³-hybridized carbons (Fsp3) is 0.0938. The van der Waals surface area contributed by atoms with E-state index in [1.807, 2.05) is 143 Å². The van der Waals surface area contributed by atoms with Crippen LogP contribution in [-0.4, -0.2) is 115 Å². The number of benzene rings is 10. The normalized spacial score (nSPS) is 10.3. The van der Waals surface area contributed by atoms with Crippen molar-refractivity contribution in [3.8, 4) is 12.3 Å². The molecule has 29 heteroatoms. The first-order chi connectivity index (χ1) is 60.3. The van der Waals surface area contributed by atoms with Gasteiger partial charge in [0.05, 0.1) is 118 Å². The Hall–Kier alpha value is -16.4. The average molecular weight is 1690 g/mol. The molecule has 0 atom stereocenters. The lowest BCUT2D eigenvalue weighted by Gasteiger charge is -2.20. The average Bonchev–Trinajstić information content (AvgIpc) is 0.885. The molecule has 626 valence electrons. The third kappa shape index (κ3) is 25.3. The van der Waals surface area contributed by atoms with Crippen LogP contribution in [0.15, 0.2) is 312 Å². The zero-order valence-corrected chi connectivity index (χ0v) is 70.0. The topological polar surface area (TPSA) is 291 Å². The second-order valence-electron chi connectivity index (χ2n) is 28.0. The first-order valence-corrected chi connectivity index (χ1v) is 38.8. The van der Waals surface area contributed by atoms with Crippen LogP contribution in [0, 0.1) is 57.5 Å². The predicted molar refractivity (Wildman–Crippen MR) is 486 cm³/mol. The van der Waals surface area contributed by atoms with E-state index in [1.165, 1.54) is 68.0 Å². The standard InChI is InChI=1S/C20H15FN4O.C19H17ClN4O.2C19H17FN4O.C19H18N4O/c1-3-14-5-4-6-15(9-14)20(26)24-16-7-8-18(21)19(10-16)25(2)17-11-22-13-23-12-17;3*1-13-4-3-5-14(8-13)19(25)23-15-6-7-17(20)18(9-15)24(2)16-10-21-12-22-11-16;1-14-5-3-6-15(9-14)19(24)22-16-7-4-8-17(10-16)23(2)18-11-20-13-21-12-18/h1,4-13H,2H3,(H,24,26);3*3-12H,1-2H3,(H,23,25);3-13H,1-2H3,(H,22,24). The number of hydrogen-bond acceptors (Lipinski definition) is 20. The van der Waals surface area contributed by atoms with Gasteiger partial charge in [-0.15, -0.1) is 6.42 Å². The molecule has 0 saturated heterocycles. The number of amides is 5. The maximum Gasteiger partial charge on any atom is 0.255 e. The molecule has 0 aliphatic carbocycles.